The van der Waals surface area contributed by atoms with E-state index in [0.717, 1.165) is 0 Å². The van der Waals surface area contributed by atoms with Gasteiger partial charge < -0.3 is 14.4 Å². The number of carbonyl (C=O) groups is 1. The molecule has 5 heteroatoms. The highest BCUT2D eigenvalue weighted by Gasteiger charge is 2.15. The minimum absolute atomic E-state index is 0.0584. The van der Waals surface area contributed by atoms with Gasteiger partial charge in [-0.25, -0.2) is 0 Å². The van der Waals surface area contributed by atoms with Crippen molar-refractivity contribution < 1.29 is 14.3 Å². The Kier molecular flexibility index (Phi) is 7.41. The fourth-order valence-electron chi connectivity index (χ4n) is 1.78. The van der Waals surface area contributed by atoms with Gasteiger partial charge in [-0.05, 0) is 32.0 Å². The molecule has 0 atom stereocenters. The summed E-state index contributed by atoms with van der Waals surface area (Å²) < 4.78 is 10.6. The molecule has 0 aliphatic heterocycles. The van der Waals surface area contributed by atoms with Gasteiger partial charge in [-0.1, -0.05) is 6.07 Å². The topological polar surface area (TPSA) is 38.8 Å². The molecule has 0 heterocycles. The molecule has 0 saturated heterocycles. The fourth-order valence-corrected chi connectivity index (χ4v) is 1.98. The molecule has 0 aromatic heterocycles. The summed E-state index contributed by atoms with van der Waals surface area (Å²) in [5, 5.41) is 0. The van der Waals surface area contributed by atoms with E-state index in [1.54, 1.807) is 24.1 Å². The van der Waals surface area contributed by atoms with E-state index in [0.29, 0.717) is 36.9 Å². The Morgan fingerprint density at radius 1 is 1.35 bits per heavy atom. The number of alkyl halides is 1. The van der Waals surface area contributed by atoms with Crippen LogP contribution in [0.5, 0.6) is 5.75 Å². The van der Waals surface area contributed by atoms with Crippen LogP contribution in [0.3, 0.4) is 0 Å². The molecule has 20 heavy (non-hydrogen) atoms. The number of carbonyl (C=O) groups excluding carboxylic acids is 1. The van der Waals surface area contributed by atoms with Gasteiger partial charge in [0.2, 0.25) is 0 Å². The Bertz CT molecular complexity index is 423. The molecule has 112 valence electrons. The van der Waals surface area contributed by atoms with Crippen LogP contribution < -0.4 is 4.74 Å². The number of benzene rings is 1. The summed E-state index contributed by atoms with van der Waals surface area (Å²) in [4.78, 5) is 14.1. The zero-order valence-corrected chi connectivity index (χ0v) is 13.0. The molecule has 0 N–H and O–H groups in total. The SMILES string of the molecule is COCCN(CCCl)C(=O)c1cccc(OC(C)C)c1. The van der Waals surface area contributed by atoms with Gasteiger partial charge in [0.1, 0.15) is 5.75 Å². The number of ether oxygens (including phenoxy) is 2. The van der Waals surface area contributed by atoms with E-state index >= 15 is 0 Å². The Morgan fingerprint density at radius 2 is 2.10 bits per heavy atom. The van der Waals surface area contributed by atoms with Gasteiger partial charge in [-0.3, -0.25) is 4.79 Å². The molecule has 0 saturated carbocycles. The Hall–Kier alpha value is -1.26. The van der Waals surface area contributed by atoms with Gasteiger partial charge in [-0.2, -0.15) is 0 Å². The smallest absolute Gasteiger partial charge is 0.254 e. The number of nitrogens with zero attached hydrogens (tertiary/aromatic N) is 1. The van der Waals surface area contributed by atoms with Crippen LogP contribution in [0.2, 0.25) is 0 Å². The fraction of sp³-hybridized carbons (Fsp3) is 0.533. The zero-order chi connectivity index (χ0) is 15.0. The molecule has 1 amide bonds. The van der Waals surface area contributed by atoms with Crippen LogP contribution in [-0.2, 0) is 4.74 Å². The van der Waals surface area contributed by atoms with Crippen molar-refractivity contribution in [3.63, 3.8) is 0 Å². The van der Waals surface area contributed by atoms with E-state index in [1.807, 2.05) is 26.0 Å². The first-order chi connectivity index (χ1) is 9.58. The Balaban J connectivity index is 2.82. The summed E-state index contributed by atoms with van der Waals surface area (Å²) >= 11 is 5.75. The molecule has 0 radical (unpaired) electrons. The minimum Gasteiger partial charge on any atom is -0.491 e. The number of hydrogen-bond acceptors (Lipinski definition) is 3. The van der Waals surface area contributed by atoms with Crippen LogP contribution >= 0.6 is 11.6 Å². The van der Waals surface area contributed by atoms with Gasteiger partial charge in [0.05, 0.1) is 12.7 Å². The van der Waals surface area contributed by atoms with Gasteiger partial charge in [0, 0.05) is 31.6 Å². The third-order valence-corrected chi connectivity index (χ3v) is 2.83. The summed E-state index contributed by atoms with van der Waals surface area (Å²) in [5.74, 6) is 1.04. The Labute approximate surface area is 125 Å². The first-order valence-electron chi connectivity index (χ1n) is 6.69. The minimum atomic E-state index is -0.0584. The van der Waals surface area contributed by atoms with Crippen LogP contribution in [0.1, 0.15) is 24.2 Å². The van der Waals surface area contributed by atoms with E-state index in [4.69, 9.17) is 21.1 Å². The van der Waals surface area contributed by atoms with Crippen LogP contribution in [-0.4, -0.2) is 49.6 Å². The molecular formula is C15H22ClNO3. The average molecular weight is 300 g/mol. The lowest BCUT2D eigenvalue weighted by molar-refractivity contribution is 0.0707. The molecule has 0 spiro atoms. The predicted molar refractivity (Wildman–Crippen MR) is 80.7 cm³/mol. The lowest BCUT2D eigenvalue weighted by atomic mass is 10.2. The molecule has 0 unspecified atom stereocenters. The lowest BCUT2D eigenvalue weighted by Crippen LogP contribution is -2.35. The van der Waals surface area contributed by atoms with Crippen molar-refractivity contribution in [2.45, 2.75) is 20.0 Å². The van der Waals surface area contributed by atoms with Gasteiger partial charge >= 0.3 is 0 Å². The summed E-state index contributed by atoms with van der Waals surface area (Å²) in [6.45, 7) is 5.42. The van der Waals surface area contributed by atoms with Crippen molar-refractivity contribution in [1.82, 2.24) is 4.90 Å². The Morgan fingerprint density at radius 3 is 2.70 bits per heavy atom. The second-order valence-electron chi connectivity index (χ2n) is 4.67. The molecular weight excluding hydrogens is 278 g/mol. The summed E-state index contributed by atoms with van der Waals surface area (Å²) in [5.41, 5.74) is 0.601. The molecule has 0 bridgehead atoms. The van der Waals surface area contributed by atoms with Crippen molar-refractivity contribution in [3.05, 3.63) is 29.8 Å². The van der Waals surface area contributed by atoms with E-state index in [2.05, 4.69) is 0 Å². The standard InChI is InChI=1S/C15H22ClNO3/c1-12(2)20-14-6-4-5-13(11-14)15(18)17(8-7-16)9-10-19-3/h4-6,11-12H,7-10H2,1-3H3. The maximum atomic E-state index is 12.4. The summed E-state index contributed by atoms with van der Waals surface area (Å²) in [6, 6.07) is 7.21. The first-order valence-corrected chi connectivity index (χ1v) is 7.22. The normalized spacial score (nSPS) is 10.7. The monoisotopic (exact) mass is 299 g/mol. The highest BCUT2D eigenvalue weighted by atomic mass is 35.5. The summed E-state index contributed by atoms with van der Waals surface area (Å²) in [7, 11) is 1.61. The molecule has 1 rings (SSSR count). The third-order valence-electron chi connectivity index (χ3n) is 2.66. The number of amides is 1. The number of methoxy groups -OCH3 is 1. The van der Waals surface area contributed by atoms with Crippen LogP contribution in [0.25, 0.3) is 0 Å². The van der Waals surface area contributed by atoms with Crippen molar-refractivity contribution in [2.24, 2.45) is 0 Å². The van der Waals surface area contributed by atoms with E-state index in [-0.39, 0.29) is 12.0 Å². The molecule has 0 aliphatic carbocycles. The van der Waals surface area contributed by atoms with Crippen molar-refractivity contribution >= 4 is 17.5 Å². The molecule has 1 aromatic carbocycles. The third kappa shape index (κ3) is 5.39. The second kappa shape index (κ2) is 8.82. The molecule has 0 aliphatic rings. The van der Waals surface area contributed by atoms with E-state index in [1.165, 1.54) is 0 Å². The van der Waals surface area contributed by atoms with Gasteiger partial charge in [0.25, 0.3) is 5.91 Å². The average Bonchev–Trinajstić information content (AvgIpc) is 2.42. The quantitative estimate of drug-likeness (QED) is 0.693. The van der Waals surface area contributed by atoms with Gasteiger partial charge in [-0.15, -0.1) is 11.6 Å². The van der Waals surface area contributed by atoms with Crippen LogP contribution in [0.15, 0.2) is 24.3 Å². The van der Waals surface area contributed by atoms with E-state index in [9.17, 15) is 4.79 Å². The largest absolute Gasteiger partial charge is 0.491 e. The lowest BCUT2D eigenvalue weighted by Gasteiger charge is -2.21. The van der Waals surface area contributed by atoms with Gasteiger partial charge in [0.15, 0.2) is 0 Å². The maximum absolute atomic E-state index is 12.4. The highest BCUT2D eigenvalue weighted by molar-refractivity contribution is 6.18. The molecule has 1 aromatic rings. The number of rotatable bonds is 8. The van der Waals surface area contributed by atoms with Crippen molar-refractivity contribution in [3.8, 4) is 5.75 Å². The summed E-state index contributed by atoms with van der Waals surface area (Å²) in [6.07, 6.45) is 0.0767. The molecule has 4 nitrogen and oxygen atoms in total. The van der Waals surface area contributed by atoms with Crippen molar-refractivity contribution in [2.75, 3.05) is 32.7 Å². The highest BCUT2D eigenvalue weighted by Crippen LogP contribution is 2.16. The maximum Gasteiger partial charge on any atom is 0.254 e. The van der Waals surface area contributed by atoms with Crippen LogP contribution in [0, 0.1) is 0 Å². The number of halogens is 1. The first kappa shape index (κ1) is 16.8. The zero-order valence-electron chi connectivity index (χ0n) is 12.3. The predicted octanol–water partition coefficient (Wildman–Crippen LogP) is 2.80. The van der Waals surface area contributed by atoms with E-state index < -0.39 is 0 Å². The second-order valence-corrected chi connectivity index (χ2v) is 5.05. The van der Waals surface area contributed by atoms with Crippen LogP contribution in [0.4, 0.5) is 0 Å². The molecule has 0 fully saturated rings. The number of hydrogen-bond donors (Lipinski definition) is 0. The van der Waals surface area contributed by atoms with Crippen molar-refractivity contribution in [1.29, 1.82) is 0 Å².